The van der Waals surface area contributed by atoms with Crippen LogP contribution in [0.15, 0.2) is 18.2 Å². The van der Waals surface area contributed by atoms with Gasteiger partial charge in [0, 0.05) is 5.54 Å². The average Bonchev–Trinajstić information content (AvgIpc) is 2.27. The lowest BCUT2D eigenvalue weighted by Crippen LogP contribution is -2.38. The Balaban J connectivity index is 3.15. The molecule has 0 radical (unpaired) electrons. The SMILES string of the molecule is CNC(C)(C)Cc1cc(C(C)(C)C)ccc1OC. The molecule has 0 unspecified atom stereocenters. The first-order valence-electron chi connectivity index (χ1n) is 6.56. The van der Waals surface area contributed by atoms with Crippen molar-refractivity contribution in [3.05, 3.63) is 29.3 Å². The molecule has 1 aromatic rings. The van der Waals surface area contributed by atoms with E-state index in [9.17, 15) is 0 Å². The molecule has 0 aromatic heterocycles. The highest BCUT2D eigenvalue weighted by atomic mass is 16.5. The molecule has 0 fully saturated rings. The van der Waals surface area contributed by atoms with Gasteiger partial charge in [0.15, 0.2) is 0 Å². The Morgan fingerprint density at radius 3 is 2.17 bits per heavy atom. The van der Waals surface area contributed by atoms with E-state index in [0.717, 1.165) is 12.2 Å². The van der Waals surface area contributed by atoms with Gasteiger partial charge in [0.05, 0.1) is 7.11 Å². The van der Waals surface area contributed by atoms with Gasteiger partial charge in [0.1, 0.15) is 5.75 Å². The van der Waals surface area contributed by atoms with Crippen LogP contribution in [0.1, 0.15) is 45.7 Å². The van der Waals surface area contributed by atoms with Crippen LogP contribution in [0, 0.1) is 0 Å². The maximum atomic E-state index is 5.48. The van der Waals surface area contributed by atoms with E-state index in [0.29, 0.717) is 0 Å². The van der Waals surface area contributed by atoms with Gasteiger partial charge in [-0.1, -0.05) is 32.9 Å². The quantitative estimate of drug-likeness (QED) is 0.881. The molecule has 0 atom stereocenters. The van der Waals surface area contributed by atoms with Crippen molar-refractivity contribution in [3.8, 4) is 5.75 Å². The second-order valence-electron chi connectivity index (χ2n) is 6.59. The zero-order valence-electron chi connectivity index (χ0n) is 12.8. The zero-order chi connectivity index (χ0) is 14.0. The summed E-state index contributed by atoms with van der Waals surface area (Å²) in [6.45, 7) is 11.1. The summed E-state index contributed by atoms with van der Waals surface area (Å²) in [7, 11) is 3.74. The Hall–Kier alpha value is -1.02. The van der Waals surface area contributed by atoms with Gasteiger partial charge in [-0.2, -0.15) is 0 Å². The molecule has 2 nitrogen and oxygen atoms in total. The minimum Gasteiger partial charge on any atom is -0.496 e. The maximum absolute atomic E-state index is 5.48. The fourth-order valence-electron chi connectivity index (χ4n) is 1.95. The fraction of sp³-hybridized carbons (Fsp3) is 0.625. The van der Waals surface area contributed by atoms with E-state index in [2.05, 4.69) is 58.1 Å². The van der Waals surface area contributed by atoms with Gasteiger partial charge in [-0.15, -0.1) is 0 Å². The van der Waals surface area contributed by atoms with Crippen molar-refractivity contribution >= 4 is 0 Å². The molecule has 0 aliphatic rings. The molecular formula is C16H27NO. The Morgan fingerprint density at radius 2 is 1.72 bits per heavy atom. The molecule has 0 aliphatic carbocycles. The highest BCUT2D eigenvalue weighted by Crippen LogP contribution is 2.30. The fourth-order valence-corrected chi connectivity index (χ4v) is 1.95. The third-order valence-electron chi connectivity index (χ3n) is 3.46. The molecule has 0 saturated carbocycles. The summed E-state index contributed by atoms with van der Waals surface area (Å²) < 4.78 is 5.48. The molecule has 102 valence electrons. The smallest absolute Gasteiger partial charge is 0.122 e. The summed E-state index contributed by atoms with van der Waals surface area (Å²) in [6, 6.07) is 6.52. The van der Waals surface area contributed by atoms with Gasteiger partial charge < -0.3 is 10.1 Å². The summed E-state index contributed by atoms with van der Waals surface area (Å²) >= 11 is 0. The van der Waals surface area contributed by atoms with E-state index in [1.165, 1.54) is 11.1 Å². The van der Waals surface area contributed by atoms with E-state index < -0.39 is 0 Å². The Morgan fingerprint density at radius 1 is 1.11 bits per heavy atom. The minimum absolute atomic E-state index is 0.0732. The van der Waals surface area contributed by atoms with Gasteiger partial charge in [-0.25, -0.2) is 0 Å². The lowest BCUT2D eigenvalue weighted by atomic mass is 9.84. The van der Waals surface area contributed by atoms with Crippen molar-refractivity contribution in [2.45, 2.75) is 52.0 Å². The predicted molar refractivity (Wildman–Crippen MR) is 78.5 cm³/mol. The zero-order valence-corrected chi connectivity index (χ0v) is 12.8. The van der Waals surface area contributed by atoms with Crippen LogP contribution in [-0.2, 0) is 11.8 Å². The van der Waals surface area contributed by atoms with Crippen molar-refractivity contribution in [3.63, 3.8) is 0 Å². The largest absolute Gasteiger partial charge is 0.496 e. The Labute approximate surface area is 112 Å². The minimum atomic E-state index is 0.0732. The molecule has 0 amide bonds. The first-order chi connectivity index (χ1) is 8.19. The molecule has 1 N–H and O–H groups in total. The molecule has 0 spiro atoms. The number of nitrogens with one attached hydrogen (secondary N) is 1. The van der Waals surface area contributed by atoms with Crippen molar-refractivity contribution in [1.29, 1.82) is 0 Å². The summed E-state index contributed by atoms with van der Waals surface area (Å²) in [5, 5.41) is 3.34. The summed E-state index contributed by atoms with van der Waals surface area (Å²) in [4.78, 5) is 0. The summed E-state index contributed by atoms with van der Waals surface area (Å²) in [5.41, 5.74) is 2.86. The van der Waals surface area contributed by atoms with Crippen LogP contribution in [-0.4, -0.2) is 19.7 Å². The van der Waals surface area contributed by atoms with Crippen LogP contribution in [0.4, 0.5) is 0 Å². The molecule has 18 heavy (non-hydrogen) atoms. The van der Waals surface area contributed by atoms with Gasteiger partial charge in [-0.05, 0) is 49.9 Å². The number of hydrogen-bond donors (Lipinski definition) is 1. The van der Waals surface area contributed by atoms with Gasteiger partial charge in [0.2, 0.25) is 0 Å². The average molecular weight is 249 g/mol. The Bertz CT molecular complexity index is 402. The van der Waals surface area contributed by atoms with Crippen LogP contribution in [0.3, 0.4) is 0 Å². The summed E-state index contributed by atoms with van der Waals surface area (Å²) in [6.07, 6.45) is 0.955. The van der Waals surface area contributed by atoms with Gasteiger partial charge in [-0.3, -0.25) is 0 Å². The molecule has 1 aromatic carbocycles. The summed E-state index contributed by atoms with van der Waals surface area (Å²) in [5.74, 6) is 0.978. The Kier molecular flexibility index (Phi) is 4.44. The number of methoxy groups -OCH3 is 1. The number of likely N-dealkylation sites (N-methyl/N-ethyl adjacent to an activating group) is 1. The molecular weight excluding hydrogens is 222 g/mol. The van der Waals surface area contributed by atoms with Crippen LogP contribution in [0.2, 0.25) is 0 Å². The molecule has 0 heterocycles. The van der Waals surface area contributed by atoms with Crippen LogP contribution in [0.25, 0.3) is 0 Å². The highest BCUT2D eigenvalue weighted by Gasteiger charge is 2.21. The second-order valence-corrected chi connectivity index (χ2v) is 6.59. The number of ether oxygens (including phenoxy) is 1. The van der Waals surface area contributed by atoms with E-state index in [-0.39, 0.29) is 11.0 Å². The molecule has 0 bridgehead atoms. The van der Waals surface area contributed by atoms with Crippen LogP contribution < -0.4 is 10.1 Å². The topological polar surface area (TPSA) is 21.3 Å². The van der Waals surface area contributed by atoms with Crippen LogP contribution in [0.5, 0.6) is 5.75 Å². The van der Waals surface area contributed by atoms with Crippen molar-refractivity contribution < 1.29 is 4.74 Å². The first kappa shape index (κ1) is 15.0. The normalized spacial score (nSPS) is 12.6. The number of hydrogen-bond acceptors (Lipinski definition) is 2. The highest BCUT2D eigenvalue weighted by molar-refractivity contribution is 5.40. The van der Waals surface area contributed by atoms with Crippen molar-refractivity contribution in [2.75, 3.05) is 14.2 Å². The first-order valence-corrected chi connectivity index (χ1v) is 6.56. The monoisotopic (exact) mass is 249 g/mol. The van der Waals surface area contributed by atoms with E-state index >= 15 is 0 Å². The van der Waals surface area contributed by atoms with Crippen molar-refractivity contribution in [1.82, 2.24) is 5.32 Å². The number of benzene rings is 1. The lowest BCUT2D eigenvalue weighted by molar-refractivity contribution is 0.385. The third-order valence-corrected chi connectivity index (χ3v) is 3.46. The van der Waals surface area contributed by atoms with E-state index in [4.69, 9.17) is 4.74 Å². The van der Waals surface area contributed by atoms with E-state index in [1.54, 1.807) is 7.11 Å². The van der Waals surface area contributed by atoms with Crippen molar-refractivity contribution in [2.24, 2.45) is 0 Å². The molecule has 1 rings (SSSR count). The molecule has 0 aliphatic heterocycles. The molecule has 2 heteroatoms. The standard InChI is InChI=1S/C16H27NO/c1-15(2,3)13-8-9-14(18-7)12(10-13)11-16(4,5)17-6/h8-10,17H,11H2,1-7H3. The maximum Gasteiger partial charge on any atom is 0.122 e. The lowest BCUT2D eigenvalue weighted by Gasteiger charge is -2.27. The predicted octanol–water partition coefficient (Wildman–Crippen LogP) is 3.53. The number of rotatable bonds is 4. The van der Waals surface area contributed by atoms with Crippen LogP contribution >= 0.6 is 0 Å². The van der Waals surface area contributed by atoms with E-state index in [1.807, 2.05) is 7.05 Å². The van der Waals surface area contributed by atoms with Gasteiger partial charge in [0.25, 0.3) is 0 Å². The van der Waals surface area contributed by atoms with Gasteiger partial charge >= 0.3 is 0 Å². The molecule has 0 saturated heterocycles. The second kappa shape index (κ2) is 5.31. The third kappa shape index (κ3) is 3.74.